The first-order chi connectivity index (χ1) is 19.1. The van der Waals surface area contributed by atoms with Crippen molar-refractivity contribution in [1.82, 2.24) is 18.3 Å². The standard InChI is InChI=1S/C30H46N4O7/c1-10-19-14-33(28(37)31(8)26(19)35)24-12-18(4)23(41-24)16-39-21-13-25(40-22(21)11-17(2)3)34-15-20(30(5,6)7)27(36)32(9)29(34)38/h14-15,17-18,21-25H,10-13,16H2,1-9H3. The fraction of sp³-hybridized carbons (Fsp3) is 0.733. The van der Waals surface area contributed by atoms with Crippen molar-refractivity contribution in [3.8, 4) is 0 Å². The first-order valence-corrected chi connectivity index (χ1v) is 14.7. The van der Waals surface area contributed by atoms with Crippen LogP contribution in [0.15, 0.2) is 31.6 Å². The first kappa shape index (κ1) is 31.2. The zero-order chi connectivity index (χ0) is 30.4. The van der Waals surface area contributed by atoms with E-state index in [0.717, 1.165) is 15.6 Å². The van der Waals surface area contributed by atoms with Crippen molar-refractivity contribution < 1.29 is 14.2 Å². The summed E-state index contributed by atoms with van der Waals surface area (Å²) < 4.78 is 24.5. The van der Waals surface area contributed by atoms with Crippen molar-refractivity contribution in [3.05, 3.63) is 65.2 Å². The number of nitrogens with zero attached hydrogens (tertiary/aromatic N) is 4. The molecule has 0 N–H and O–H groups in total. The van der Waals surface area contributed by atoms with Crippen molar-refractivity contribution in [3.63, 3.8) is 0 Å². The molecule has 0 spiro atoms. The highest BCUT2D eigenvalue weighted by Gasteiger charge is 2.41. The molecular weight excluding hydrogens is 528 g/mol. The van der Waals surface area contributed by atoms with Crippen LogP contribution in [-0.4, -0.2) is 43.2 Å². The van der Waals surface area contributed by atoms with E-state index in [2.05, 4.69) is 20.8 Å². The lowest BCUT2D eigenvalue weighted by atomic mass is 9.89. The third-order valence-electron chi connectivity index (χ3n) is 8.40. The topological polar surface area (TPSA) is 116 Å². The normalized spacial score (nSPS) is 26.8. The molecule has 2 aromatic heterocycles. The molecule has 2 aliphatic rings. The number of rotatable bonds is 8. The Morgan fingerprint density at radius 2 is 1.46 bits per heavy atom. The zero-order valence-corrected chi connectivity index (χ0v) is 25.9. The van der Waals surface area contributed by atoms with Gasteiger partial charge < -0.3 is 14.2 Å². The molecule has 4 rings (SSSR count). The van der Waals surface area contributed by atoms with Crippen LogP contribution in [-0.2, 0) is 40.1 Å². The van der Waals surface area contributed by atoms with Gasteiger partial charge in [0.25, 0.3) is 11.1 Å². The second-order valence-corrected chi connectivity index (χ2v) is 13.1. The number of aryl methyl sites for hydroxylation is 1. The van der Waals surface area contributed by atoms with E-state index in [1.807, 2.05) is 27.7 Å². The maximum Gasteiger partial charge on any atom is 0.332 e. The third kappa shape index (κ3) is 6.22. The van der Waals surface area contributed by atoms with Crippen LogP contribution in [0.5, 0.6) is 0 Å². The molecule has 2 saturated heterocycles. The first-order valence-electron chi connectivity index (χ1n) is 14.7. The molecule has 2 aliphatic heterocycles. The van der Waals surface area contributed by atoms with Gasteiger partial charge in [-0.05, 0) is 36.5 Å². The van der Waals surface area contributed by atoms with Crippen LogP contribution in [0.25, 0.3) is 0 Å². The van der Waals surface area contributed by atoms with Gasteiger partial charge in [0.15, 0.2) is 0 Å². The van der Waals surface area contributed by atoms with Gasteiger partial charge in [0.05, 0.1) is 24.9 Å². The highest BCUT2D eigenvalue weighted by atomic mass is 16.6. The second-order valence-electron chi connectivity index (χ2n) is 13.1. The molecule has 6 unspecified atom stereocenters. The average Bonchev–Trinajstić information content (AvgIpc) is 3.46. The molecule has 41 heavy (non-hydrogen) atoms. The van der Waals surface area contributed by atoms with Crippen molar-refractivity contribution in [2.45, 2.75) is 110 Å². The molecular formula is C30H46N4O7. The Balaban J connectivity index is 1.53. The highest BCUT2D eigenvalue weighted by molar-refractivity contribution is 5.16. The molecule has 11 nitrogen and oxygen atoms in total. The Hall–Kier alpha value is -2.76. The number of hydrogen-bond acceptors (Lipinski definition) is 7. The molecule has 0 aromatic carbocycles. The Bertz CT molecular complexity index is 1490. The van der Waals surface area contributed by atoms with Gasteiger partial charge in [-0.2, -0.15) is 0 Å². The Morgan fingerprint density at radius 1 is 0.902 bits per heavy atom. The minimum absolute atomic E-state index is 0.122. The van der Waals surface area contributed by atoms with Crippen molar-refractivity contribution >= 4 is 0 Å². The molecule has 228 valence electrons. The van der Waals surface area contributed by atoms with E-state index < -0.39 is 29.3 Å². The average molecular weight is 575 g/mol. The maximum atomic E-state index is 13.1. The lowest BCUT2D eigenvalue weighted by molar-refractivity contribution is -0.0893. The minimum atomic E-state index is -0.560. The van der Waals surface area contributed by atoms with Gasteiger partial charge in [0.1, 0.15) is 12.5 Å². The van der Waals surface area contributed by atoms with Crippen molar-refractivity contribution in [1.29, 1.82) is 0 Å². The van der Waals surface area contributed by atoms with Crippen LogP contribution in [0.3, 0.4) is 0 Å². The summed E-state index contributed by atoms with van der Waals surface area (Å²) in [5, 5.41) is 0. The van der Waals surface area contributed by atoms with Crippen LogP contribution in [0.1, 0.15) is 91.3 Å². The van der Waals surface area contributed by atoms with Gasteiger partial charge in [-0.3, -0.25) is 27.9 Å². The van der Waals surface area contributed by atoms with Gasteiger partial charge in [0, 0.05) is 44.0 Å². The smallest absolute Gasteiger partial charge is 0.332 e. The van der Waals surface area contributed by atoms with Gasteiger partial charge in [0.2, 0.25) is 0 Å². The number of ether oxygens (including phenoxy) is 3. The summed E-state index contributed by atoms with van der Waals surface area (Å²) in [5.41, 5.74) is -0.709. The summed E-state index contributed by atoms with van der Waals surface area (Å²) in [4.78, 5) is 51.2. The molecule has 0 aliphatic carbocycles. The van der Waals surface area contributed by atoms with Crippen LogP contribution in [0.4, 0.5) is 0 Å². The lowest BCUT2D eigenvalue weighted by Gasteiger charge is -2.24. The molecule has 4 heterocycles. The van der Waals surface area contributed by atoms with Crippen LogP contribution < -0.4 is 22.5 Å². The number of hydrogen-bond donors (Lipinski definition) is 0. The lowest BCUT2D eigenvalue weighted by Crippen LogP contribution is -2.43. The molecule has 11 heteroatoms. The predicted molar refractivity (Wildman–Crippen MR) is 155 cm³/mol. The quantitative estimate of drug-likeness (QED) is 0.476. The monoisotopic (exact) mass is 574 g/mol. The van der Waals surface area contributed by atoms with Gasteiger partial charge in [-0.1, -0.05) is 48.5 Å². The SMILES string of the molecule is CCc1cn(C2CC(C)C(COC3CC(n4cc(C(C)(C)C)c(=O)n(C)c4=O)OC3CC(C)C)O2)c(=O)n(C)c1=O. The number of aromatic nitrogens is 4. The summed E-state index contributed by atoms with van der Waals surface area (Å²) in [7, 11) is 2.99. The van der Waals surface area contributed by atoms with E-state index in [1.54, 1.807) is 12.4 Å². The van der Waals surface area contributed by atoms with Crippen LogP contribution in [0.2, 0.25) is 0 Å². The van der Waals surface area contributed by atoms with Gasteiger partial charge in [-0.25, -0.2) is 9.59 Å². The summed E-state index contributed by atoms with van der Waals surface area (Å²) in [6.45, 7) is 14.3. The van der Waals surface area contributed by atoms with Crippen LogP contribution >= 0.6 is 0 Å². The Morgan fingerprint density at radius 3 is 2.05 bits per heavy atom. The van der Waals surface area contributed by atoms with Crippen molar-refractivity contribution in [2.24, 2.45) is 25.9 Å². The summed E-state index contributed by atoms with van der Waals surface area (Å²) in [6.07, 6.45) is 3.84. The molecule has 0 bridgehead atoms. The molecule has 0 amide bonds. The molecule has 6 atom stereocenters. The second kappa shape index (κ2) is 11.9. The Kier molecular flexibility index (Phi) is 9.01. The largest absolute Gasteiger partial charge is 0.373 e. The molecule has 2 aromatic rings. The minimum Gasteiger partial charge on any atom is -0.373 e. The summed E-state index contributed by atoms with van der Waals surface area (Å²) in [5.74, 6) is 0.471. The van der Waals surface area contributed by atoms with E-state index in [1.165, 1.54) is 23.2 Å². The van der Waals surface area contributed by atoms with Crippen LogP contribution in [0, 0.1) is 11.8 Å². The molecule has 0 radical (unpaired) electrons. The fourth-order valence-electron chi connectivity index (χ4n) is 5.80. The summed E-state index contributed by atoms with van der Waals surface area (Å²) >= 11 is 0. The van der Waals surface area contributed by atoms with E-state index in [-0.39, 0.29) is 35.3 Å². The molecule has 2 fully saturated rings. The highest BCUT2D eigenvalue weighted by Crippen LogP contribution is 2.36. The predicted octanol–water partition coefficient (Wildman–Crippen LogP) is 2.61. The maximum absolute atomic E-state index is 13.1. The van der Waals surface area contributed by atoms with E-state index in [4.69, 9.17) is 14.2 Å². The summed E-state index contributed by atoms with van der Waals surface area (Å²) in [6, 6.07) is 0. The third-order valence-corrected chi connectivity index (χ3v) is 8.40. The zero-order valence-electron chi connectivity index (χ0n) is 25.9. The van der Waals surface area contributed by atoms with E-state index >= 15 is 0 Å². The van der Waals surface area contributed by atoms with Gasteiger partial charge in [-0.15, -0.1) is 0 Å². The Labute approximate surface area is 240 Å². The van der Waals surface area contributed by atoms with E-state index in [9.17, 15) is 19.2 Å². The fourth-order valence-corrected chi connectivity index (χ4v) is 5.80. The van der Waals surface area contributed by atoms with E-state index in [0.29, 0.717) is 42.9 Å². The molecule has 0 saturated carbocycles. The van der Waals surface area contributed by atoms with Gasteiger partial charge >= 0.3 is 11.4 Å². The van der Waals surface area contributed by atoms with Crippen molar-refractivity contribution in [2.75, 3.05) is 6.61 Å².